The van der Waals surface area contributed by atoms with Gasteiger partial charge >= 0.3 is 0 Å². The summed E-state index contributed by atoms with van der Waals surface area (Å²) in [5, 5.41) is 3.50. The number of rotatable bonds is 5. The van der Waals surface area contributed by atoms with Crippen LogP contribution in [0.1, 0.15) is 53.9 Å². The van der Waals surface area contributed by atoms with Crippen LogP contribution in [-0.2, 0) is 4.79 Å². The molecule has 1 aliphatic heterocycles. The lowest BCUT2D eigenvalue weighted by Crippen LogP contribution is -2.45. The molecule has 1 fully saturated rings. The lowest BCUT2D eigenvalue weighted by molar-refractivity contribution is -0.133. The van der Waals surface area contributed by atoms with Crippen LogP contribution in [0.3, 0.4) is 0 Å². The van der Waals surface area contributed by atoms with E-state index in [0.29, 0.717) is 5.92 Å². The van der Waals surface area contributed by atoms with Crippen molar-refractivity contribution in [3.8, 4) is 0 Å². The zero-order chi connectivity index (χ0) is 12.3. The fourth-order valence-electron chi connectivity index (χ4n) is 2.26. The van der Waals surface area contributed by atoms with Crippen LogP contribution in [0.15, 0.2) is 0 Å². The standard InChI is InChI=1S/C13H26N2O/c1-6-8-9-15-11(10(3)4)14-13(5,7-2)12(15)16/h10-11,14H,6-9H2,1-5H3. The van der Waals surface area contributed by atoms with Crippen LogP contribution in [0.5, 0.6) is 0 Å². The van der Waals surface area contributed by atoms with Crippen LogP contribution in [0.2, 0.25) is 0 Å². The molecule has 3 heteroatoms. The highest BCUT2D eigenvalue weighted by Gasteiger charge is 2.46. The Morgan fingerprint density at radius 2 is 2.06 bits per heavy atom. The van der Waals surface area contributed by atoms with Gasteiger partial charge in [-0.1, -0.05) is 34.1 Å². The number of hydrogen-bond acceptors (Lipinski definition) is 2. The van der Waals surface area contributed by atoms with Gasteiger partial charge in [-0.25, -0.2) is 0 Å². The normalized spacial score (nSPS) is 30.5. The number of carbonyl (C=O) groups is 1. The second kappa shape index (κ2) is 5.17. The minimum atomic E-state index is -0.345. The first-order valence-electron chi connectivity index (χ1n) is 6.55. The molecular weight excluding hydrogens is 200 g/mol. The van der Waals surface area contributed by atoms with Gasteiger partial charge in [0, 0.05) is 6.54 Å². The number of carbonyl (C=O) groups excluding carboxylic acids is 1. The molecule has 0 aromatic carbocycles. The van der Waals surface area contributed by atoms with E-state index in [0.717, 1.165) is 25.8 Å². The lowest BCUT2D eigenvalue weighted by atomic mass is 9.99. The largest absolute Gasteiger partial charge is 0.325 e. The molecule has 0 aliphatic carbocycles. The second-order valence-electron chi connectivity index (χ2n) is 5.37. The Morgan fingerprint density at radius 3 is 2.50 bits per heavy atom. The third-order valence-corrected chi connectivity index (χ3v) is 3.63. The topological polar surface area (TPSA) is 32.3 Å². The van der Waals surface area contributed by atoms with Crippen LogP contribution in [0, 0.1) is 5.92 Å². The summed E-state index contributed by atoms with van der Waals surface area (Å²) in [5.41, 5.74) is -0.345. The molecule has 1 heterocycles. The fraction of sp³-hybridized carbons (Fsp3) is 0.923. The van der Waals surface area contributed by atoms with Gasteiger partial charge in [0.15, 0.2) is 0 Å². The van der Waals surface area contributed by atoms with Crippen molar-refractivity contribution < 1.29 is 4.79 Å². The molecule has 1 saturated heterocycles. The molecule has 0 saturated carbocycles. The highest BCUT2D eigenvalue weighted by atomic mass is 16.2. The molecule has 3 nitrogen and oxygen atoms in total. The Balaban J connectivity index is 2.81. The summed E-state index contributed by atoms with van der Waals surface area (Å²) in [4.78, 5) is 14.4. The predicted octanol–water partition coefficient (Wildman–Crippen LogP) is 2.37. The van der Waals surface area contributed by atoms with Crippen LogP contribution < -0.4 is 5.32 Å². The Labute approximate surface area is 99.6 Å². The summed E-state index contributed by atoms with van der Waals surface area (Å²) in [6.07, 6.45) is 3.30. The maximum Gasteiger partial charge on any atom is 0.243 e. The van der Waals surface area contributed by atoms with Gasteiger partial charge in [-0.3, -0.25) is 10.1 Å². The average Bonchev–Trinajstić information content (AvgIpc) is 2.51. The quantitative estimate of drug-likeness (QED) is 0.780. The molecular formula is C13H26N2O. The van der Waals surface area contributed by atoms with E-state index in [1.807, 2.05) is 11.8 Å². The van der Waals surface area contributed by atoms with E-state index in [4.69, 9.17) is 0 Å². The van der Waals surface area contributed by atoms with Crippen molar-refractivity contribution in [2.75, 3.05) is 6.54 Å². The molecule has 0 aromatic rings. The maximum absolute atomic E-state index is 12.3. The van der Waals surface area contributed by atoms with Crippen molar-refractivity contribution in [2.24, 2.45) is 5.92 Å². The molecule has 2 unspecified atom stereocenters. The smallest absolute Gasteiger partial charge is 0.243 e. The number of nitrogens with zero attached hydrogens (tertiary/aromatic N) is 1. The van der Waals surface area contributed by atoms with Crippen LogP contribution in [0.4, 0.5) is 0 Å². The fourth-order valence-corrected chi connectivity index (χ4v) is 2.26. The minimum absolute atomic E-state index is 0.212. The predicted molar refractivity (Wildman–Crippen MR) is 67.1 cm³/mol. The van der Waals surface area contributed by atoms with E-state index < -0.39 is 0 Å². The molecule has 1 N–H and O–H groups in total. The van der Waals surface area contributed by atoms with Gasteiger partial charge < -0.3 is 4.90 Å². The van der Waals surface area contributed by atoms with Gasteiger partial charge in [-0.05, 0) is 25.7 Å². The zero-order valence-electron chi connectivity index (χ0n) is 11.3. The SMILES string of the molecule is CCCCN1C(=O)C(C)(CC)NC1C(C)C. The lowest BCUT2D eigenvalue weighted by Gasteiger charge is -2.27. The molecule has 0 radical (unpaired) electrons. The van der Waals surface area contributed by atoms with Crippen molar-refractivity contribution in [2.45, 2.75) is 65.6 Å². The van der Waals surface area contributed by atoms with Gasteiger partial charge in [0.2, 0.25) is 5.91 Å². The Hall–Kier alpha value is -0.570. The number of unbranched alkanes of at least 4 members (excludes halogenated alkanes) is 1. The van der Waals surface area contributed by atoms with Crippen molar-refractivity contribution in [1.82, 2.24) is 10.2 Å². The van der Waals surface area contributed by atoms with E-state index in [1.165, 1.54) is 0 Å². The van der Waals surface area contributed by atoms with Crippen LogP contribution >= 0.6 is 0 Å². The molecule has 1 amide bonds. The number of hydrogen-bond donors (Lipinski definition) is 1. The Bertz CT molecular complexity index is 252. The summed E-state index contributed by atoms with van der Waals surface area (Å²) < 4.78 is 0. The molecule has 1 rings (SSSR count). The van der Waals surface area contributed by atoms with E-state index in [2.05, 4.69) is 33.0 Å². The first kappa shape index (κ1) is 13.5. The number of amides is 1. The van der Waals surface area contributed by atoms with Gasteiger partial charge in [-0.2, -0.15) is 0 Å². The Kier molecular flexibility index (Phi) is 4.36. The molecule has 2 atom stereocenters. The van der Waals surface area contributed by atoms with Crippen LogP contribution in [-0.4, -0.2) is 29.1 Å². The molecule has 0 aromatic heterocycles. The Morgan fingerprint density at radius 1 is 1.44 bits per heavy atom. The molecule has 0 spiro atoms. The summed E-state index contributed by atoms with van der Waals surface area (Å²) in [5.74, 6) is 0.747. The second-order valence-corrected chi connectivity index (χ2v) is 5.37. The van der Waals surface area contributed by atoms with Gasteiger partial charge in [0.1, 0.15) is 0 Å². The highest BCUT2D eigenvalue weighted by Crippen LogP contribution is 2.27. The summed E-state index contributed by atoms with van der Waals surface area (Å²) >= 11 is 0. The molecule has 0 bridgehead atoms. The van der Waals surface area contributed by atoms with Gasteiger partial charge in [-0.15, -0.1) is 0 Å². The molecule has 1 aliphatic rings. The first-order valence-corrected chi connectivity index (χ1v) is 6.55. The third-order valence-electron chi connectivity index (χ3n) is 3.63. The van der Waals surface area contributed by atoms with Crippen molar-refractivity contribution in [1.29, 1.82) is 0 Å². The first-order chi connectivity index (χ1) is 7.46. The summed E-state index contributed by atoms with van der Waals surface area (Å²) in [6.45, 7) is 11.5. The zero-order valence-corrected chi connectivity index (χ0v) is 11.3. The van der Waals surface area contributed by atoms with Crippen molar-refractivity contribution in [3.05, 3.63) is 0 Å². The minimum Gasteiger partial charge on any atom is -0.325 e. The summed E-state index contributed by atoms with van der Waals surface area (Å²) in [7, 11) is 0. The van der Waals surface area contributed by atoms with Crippen molar-refractivity contribution >= 4 is 5.91 Å². The monoisotopic (exact) mass is 226 g/mol. The van der Waals surface area contributed by atoms with E-state index in [1.54, 1.807) is 0 Å². The average molecular weight is 226 g/mol. The van der Waals surface area contributed by atoms with Crippen molar-refractivity contribution in [3.63, 3.8) is 0 Å². The molecule has 16 heavy (non-hydrogen) atoms. The van der Waals surface area contributed by atoms with E-state index in [9.17, 15) is 4.79 Å². The number of nitrogens with one attached hydrogen (secondary N) is 1. The van der Waals surface area contributed by atoms with Gasteiger partial charge in [0.05, 0.1) is 11.7 Å². The highest BCUT2D eigenvalue weighted by molar-refractivity contribution is 5.88. The van der Waals surface area contributed by atoms with Crippen LogP contribution in [0.25, 0.3) is 0 Å². The summed E-state index contributed by atoms with van der Waals surface area (Å²) in [6, 6.07) is 0. The maximum atomic E-state index is 12.3. The molecule has 94 valence electrons. The van der Waals surface area contributed by atoms with Gasteiger partial charge in [0.25, 0.3) is 0 Å². The van der Waals surface area contributed by atoms with E-state index in [-0.39, 0.29) is 17.6 Å². The van der Waals surface area contributed by atoms with E-state index >= 15 is 0 Å². The third kappa shape index (κ3) is 2.40.